The summed E-state index contributed by atoms with van der Waals surface area (Å²) in [5.74, 6) is -0.303. The highest BCUT2D eigenvalue weighted by Crippen LogP contribution is 2.20. The summed E-state index contributed by atoms with van der Waals surface area (Å²) in [6, 6.07) is 10.2. The number of carboxylic acid groups (broad SMARTS) is 1. The van der Waals surface area contributed by atoms with E-state index in [1.54, 1.807) is 31.6 Å². The molecule has 0 fully saturated rings. The topological polar surface area (TPSA) is 68.7 Å². The van der Waals surface area contributed by atoms with Crippen LogP contribution in [0.15, 0.2) is 48.8 Å². The minimum Gasteiger partial charge on any atom is -0.493 e. The van der Waals surface area contributed by atoms with Crippen molar-refractivity contribution in [3.63, 3.8) is 0 Å². The predicted molar refractivity (Wildman–Crippen MR) is 77.5 cm³/mol. The molecule has 0 saturated carbocycles. The largest absolute Gasteiger partial charge is 0.493 e. The van der Waals surface area contributed by atoms with Crippen LogP contribution in [-0.4, -0.2) is 29.8 Å². The highest BCUT2D eigenvalue weighted by atomic mass is 16.5. The Morgan fingerprint density at radius 3 is 2.43 bits per heavy atom. The first kappa shape index (κ1) is 15.0. The third kappa shape index (κ3) is 4.29. The van der Waals surface area contributed by atoms with Crippen LogP contribution in [0.4, 0.5) is 0 Å². The standard InChI is InChI=1S/C16H17NO4/c1-20-15(12-6-9-17-10-7-12)8-11-21-14-4-2-13(3-5-14)16(18)19/h2-7,9-10,15H,8,11H2,1H3,(H,18,19). The molecular formula is C16H17NO4. The molecule has 1 aromatic carbocycles. The summed E-state index contributed by atoms with van der Waals surface area (Å²) in [7, 11) is 1.66. The summed E-state index contributed by atoms with van der Waals surface area (Å²) in [5.41, 5.74) is 1.30. The van der Waals surface area contributed by atoms with Crippen molar-refractivity contribution in [2.24, 2.45) is 0 Å². The summed E-state index contributed by atoms with van der Waals surface area (Å²) in [6.45, 7) is 0.479. The van der Waals surface area contributed by atoms with Crippen molar-refractivity contribution in [3.8, 4) is 5.75 Å². The molecule has 0 amide bonds. The molecule has 0 aliphatic rings. The summed E-state index contributed by atoms with van der Waals surface area (Å²) >= 11 is 0. The quantitative estimate of drug-likeness (QED) is 0.848. The zero-order valence-electron chi connectivity index (χ0n) is 11.7. The van der Waals surface area contributed by atoms with Crippen molar-refractivity contribution in [2.45, 2.75) is 12.5 Å². The van der Waals surface area contributed by atoms with E-state index in [-0.39, 0.29) is 11.7 Å². The Hall–Kier alpha value is -2.40. The number of methoxy groups -OCH3 is 1. The molecule has 2 aromatic rings. The van der Waals surface area contributed by atoms with Gasteiger partial charge in [0.25, 0.3) is 0 Å². The number of benzene rings is 1. The van der Waals surface area contributed by atoms with Gasteiger partial charge in [0.2, 0.25) is 0 Å². The van der Waals surface area contributed by atoms with E-state index in [1.807, 2.05) is 12.1 Å². The van der Waals surface area contributed by atoms with Gasteiger partial charge in [-0.05, 0) is 42.0 Å². The SMILES string of the molecule is COC(CCOc1ccc(C(=O)O)cc1)c1ccncc1. The first-order chi connectivity index (χ1) is 10.2. The fraction of sp³-hybridized carbons (Fsp3) is 0.250. The van der Waals surface area contributed by atoms with E-state index < -0.39 is 5.97 Å². The number of aromatic nitrogens is 1. The lowest BCUT2D eigenvalue weighted by Gasteiger charge is -2.16. The molecule has 0 bridgehead atoms. The molecular weight excluding hydrogens is 270 g/mol. The number of rotatable bonds is 7. The van der Waals surface area contributed by atoms with Gasteiger partial charge < -0.3 is 14.6 Å². The van der Waals surface area contributed by atoms with E-state index in [2.05, 4.69) is 4.98 Å². The van der Waals surface area contributed by atoms with Crippen molar-refractivity contribution < 1.29 is 19.4 Å². The van der Waals surface area contributed by atoms with Gasteiger partial charge in [-0.2, -0.15) is 0 Å². The van der Waals surface area contributed by atoms with Gasteiger partial charge in [-0.1, -0.05) is 0 Å². The van der Waals surface area contributed by atoms with E-state index >= 15 is 0 Å². The lowest BCUT2D eigenvalue weighted by molar-refractivity contribution is 0.0697. The molecule has 0 saturated heterocycles. The van der Waals surface area contributed by atoms with Crippen molar-refractivity contribution in [2.75, 3.05) is 13.7 Å². The highest BCUT2D eigenvalue weighted by Gasteiger charge is 2.10. The molecule has 110 valence electrons. The normalized spacial score (nSPS) is 11.9. The first-order valence-corrected chi connectivity index (χ1v) is 6.59. The maximum Gasteiger partial charge on any atom is 0.335 e. The molecule has 2 rings (SSSR count). The van der Waals surface area contributed by atoms with Crippen molar-refractivity contribution in [1.82, 2.24) is 4.98 Å². The van der Waals surface area contributed by atoms with Crippen LogP contribution in [0.3, 0.4) is 0 Å². The van der Waals surface area contributed by atoms with Crippen LogP contribution in [0.5, 0.6) is 5.75 Å². The molecule has 0 aliphatic carbocycles. The molecule has 1 heterocycles. The third-order valence-electron chi connectivity index (χ3n) is 3.11. The van der Waals surface area contributed by atoms with Crippen LogP contribution in [0.2, 0.25) is 0 Å². The molecule has 5 heteroatoms. The lowest BCUT2D eigenvalue weighted by atomic mass is 10.1. The Morgan fingerprint density at radius 1 is 1.19 bits per heavy atom. The Kier molecular flexibility index (Phi) is 5.29. The van der Waals surface area contributed by atoms with E-state index in [1.165, 1.54) is 12.1 Å². The monoisotopic (exact) mass is 287 g/mol. The summed E-state index contributed by atoms with van der Waals surface area (Å²) < 4.78 is 11.0. The molecule has 1 N–H and O–H groups in total. The van der Waals surface area contributed by atoms with E-state index in [0.717, 1.165) is 5.56 Å². The Bertz CT molecular complexity index is 569. The van der Waals surface area contributed by atoms with Crippen molar-refractivity contribution >= 4 is 5.97 Å². The molecule has 1 unspecified atom stereocenters. The fourth-order valence-electron chi connectivity index (χ4n) is 1.98. The fourth-order valence-corrected chi connectivity index (χ4v) is 1.98. The third-order valence-corrected chi connectivity index (χ3v) is 3.11. The number of carbonyl (C=O) groups is 1. The van der Waals surface area contributed by atoms with Crippen LogP contribution in [-0.2, 0) is 4.74 Å². The van der Waals surface area contributed by atoms with Crippen molar-refractivity contribution in [1.29, 1.82) is 0 Å². The van der Waals surface area contributed by atoms with Gasteiger partial charge in [-0.3, -0.25) is 4.98 Å². The maximum atomic E-state index is 10.7. The van der Waals surface area contributed by atoms with Gasteiger partial charge in [-0.15, -0.1) is 0 Å². The van der Waals surface area contributed by atoms with Gasteiger partial charge >= 0.3 is 5.97 Å². The Labute approximate surface area is 123 Å². The van der Waals surface area contributed by atoms with Crippen LogP contribution in [0.1, 0.15) is 28.4 Å². The van der Waals surface area contributed by atoms with Gasteiger partial charge in [0.05, 0.1) is 18.3 Å². The Balaban J connectivity index is 1.87. The second-order valence-electron chi connectivity index (χ2n) is 4.47. The van der Waals surface area contributed by atoms with Gasteiger partial charge in [0, 0.05) is 25.9 Å². The molecule has 1 atom stereocenters. The smallest absolute Gasteiger partial charge is 0.335 e. The Morgan fingerprint density at radius 2 is 1.86 bits per heavy atom. The number of ether oxygens (including phenoxy) is 2. The number of aromatic carboxylic acids is 1. The van der Waals surface area contributed by atoms with Crippen LogP contribution in [0, 0.1) is 0 Å². The lowest BCUT2D eigenvalue weighted by Crippen LogP contribution is -2.08. The van der Waals surface area contributed by atoms with E-state index in [9.17, 15) is 4.79 Å². The second kappa shape index (κ2) is 7.40. The molecule has 0 aliphatic heterocycles. The van der Waals surface area contributed by atoms with Gasteiger partial charge in [0.15, 0.2) is 0 Å². The number of hydrogen-bond acceptors (Lipinski definition) is 4. The average Bonchev–Trinajstić information content (AvgIpc) is 2.53. The second-order valence-corrected chi connectivity index (χ2v) is 4.47. The number of pyridine rings is 1. The van der Waals surface area contributed by atoms with E-state index in [0.29, 0.717) is 18.8 Å². The summed E-state index contributed by atoms with van der Waals surface area (Å²) in [4.78, 5) is 14.7. The number of nitrogens with zero attached hydrogens (tertiary/aromatic N) is 1. The van der Waals surface area contributed by atoms with Crippen molar-refractivity contribution in [3.05, 3.63) is 59.9 Å². The first-order valence-electron chi connectivity index (χ1n) is 6.59. The van der Waals surface area contributed by atoms with E-state index in [4.69, 9.17) is 14.6 Å². The number of carboxylic acids is 1. The van der Waals surface area contributed by atoms with Crippen LogP contribution >= 0.6 is 0 Å². The predicted octanol–water partition coefficient (Wildman–Crippen LogP) is 2.94. The summed E-state index contributed by atoms with van der Waals surface area (Å²) in [6.07, 6.45) is 4.10. The molecule has 0 spiro atoms. The minimum atomic E-state index is -0.946. The highest BCUT2D eigenvalue weighted by molar-refractivity contribution is 5.87. The van der Waals surface area contributed by atoms with Gasteiger partial charge in [-0.25, -0.2) is 4.79 Å². The average molecular weight is 287 g/mol. The molecule has 5 nitrogen and oxygen atoms in total. The summed E-state index contributed by atoms with van der Waals surface area (Å²) in [5, 5.41) is 8.82. The van der Waals surface area contributed by atoms with Crippen LogP contribution in [0.25, 0.3) is 0 Å². The molecule has 1 aromatic heterocycles. The van der Waals surface area contributed by atoms with Gasteiger partial charge in [0.1, 0.15) is 5.75 Å². The zero-order chi connectivity index (χ0) is 15.1. The molecule has 0 radical (unpaired) electrons. The maximum absolute atomic E-state index is 10.7. The van der Waals surface area contributed by atoms with Crippen LogP contribution < -0.4 is 4.74 Å². The number of hydrogen-bond donors (Lipinski definition) is 1. The minimum absolute atomic E-state index is 0.0497. The zero-order valence-corrected chi connectivity index (χ0v) is 11.7. The molecule has 21 heavy (non-hydrogen) atoms.